The van der Waals surface area contributed by atoms with Gasteiger partial charge in [-0.25, -0.2) is 0 Å². The van der Waals surface area contributed by atoms with Crippen LogP contribution < -0.4 is 14.9 Å². The molecule has 21 heavy (non-hydrogen) atoms. The summed E-state index contributed by atoms with van der Waals surface area (Å²) in [5, 5.41) is 1.37. The van der Waals surface area contributed by atoms with Gasteiger partial charge in [-0.2, -0.15) is 0 Å². The van der Waals surface area contributed by atoms with E-state index in [1.165, 1.54) is 0 Å². The van der Waals surface area contributed by atoms with Crippen molar-refractivity contribution < 1.29 is 9.47 Å². The second-order valence-corrected chi connectivity index (χ2v) is 6.12. The van der Waals surface area contributed by atoms with Crippen LogP contribution in [0.5, 0.6) is 11.5 Å². The van der Waals surface area contributed by atoms with E-state index in [0.29, 0.717) is 11.1 Å². The van der Waals surface area contributed by atoms with E-state index in [1.54, 1.807) is 25.6 Å². The minimum absolute atomic E-state index is 0.0151. The first-order valence-electron chi connectivity index (χ1n) is 6.65. The Kier molecular flexibility index (Phi) is 3.33. The molecule has 0 amide bonds. The summed E-state index contributed by atoms with van der Waals surface area (Å²) in [4.78, 5) is 12.8. The number of rotatable bonds is 2. The van der Waals surface area contributed by atoms with E-state index in [-0.39, 0.29) is 5.43 Å². The molecule has 108 valence electrons. The van der Waals surface area contributed by atoms with E-state index in [1.807, 2.05) is 38.1 Å². The number of methoxy groups -OCH3 is 2. The number of fused-ring (bicyclic) bond motifs is 2. The van der Waals surface area contributed by atoms with E-state index >= 15 is 0 Å². The predicted molar refractivity (Wildman–Crippen MR) is 88.2 cm³/mol. The van der Waals surface area contributed by atoms with E-state index in [9.17, 15) is 4.79 Å². The monoisotopic (exact) mass is 300 g/mol. The maximum Gasteiger partial charge on any atom is 0.199 e. The van der Waals surface area contributed by atoms with Gasteiger partial charge < -0.3 is 9.47 Å². The Bertz CT molecular complexity index is 909. The van der Waals surface area contributed by atoms with Crippen LogP contribution in [-0.2, 0) is 0 Å². The highest BCUT2D eigenvalue weighted by Gasteiger charge is 2.16. The van der Waals surface area contributed by atoms with Crippen molar-refractivity contribution in [3.05, 3.63) is 45.6 Å². The highest BCUT2D eigenvalue weighted by molar-refractivity contribution is 7.24. The maximum absolute atomic E-state index is 12.8. The Morgan fingerprint density at radius 1 is 1.00 bits per heavy atom. The first kappa shape index (κ1) is 13.9. The quantitative estimate of drug-likeness (QED) is 0.670. The summed E-state index contributed by atoms with van der Waals surface area (Å²) in [6, 6.07) is 7.81. The minimum Gasteiger partial charge on any atom is -0.496 e. The molecule has 0 bridgehead atoms. The van der Waals surface area contributed by atoms with Gasteiger partial charge in [0.25, 0.3) is 0 Å². The molecule has 0 aliphatic heterocycles. The third kappa shape index (κ3) is 2.07. The summed E-state index contributed by atoms with van der Waals surface area (Å²) in [6.07, 6.45) is 0. The fraction of sp³-hybridized carbons (Fsp3) is 0.235. The topological polar surface area (TPSA) is 35.5 Å². The van der Waals surface area contributed by atoms with Crippen LogP contribution in [0.2, 0.25) is 0 Å². The van der Waals surface area contributed by atoms with Crippen LogP contribution in [0.1, 0.15) is 11.1 Å². The van der Waals surface area contributed by atoms with Crippen LogP contribution in [0.4, 0.5) is 0 Å². The Hall–Kier alpha value is -2.07. The van der Waals surface area contributed by atoms with Crippen molar-refractivity contribution in [2.45, 2.75) is 13.8 Å². The van der Waals surface area contributed by atoms with Crippen molar-refractivity contribution in [2.24, 2.45) is 0 Å². The summed E-state index contributed by atoms with van der Waals surface area (Å²) in [5.41, 5.74) is 2.01. The van der Waals surface area contributed by atoms with Gasteiger partial charge in [-0.1, -0.05) is 6.07 Å². The van der Waals surface area contributed by atoms with Gasteiger partial charge in [0.2, 0.25) is 0 Å². The molecule has 3 aromatic rings. The third-order valence-corrected chi connectivity index (χ3v) is 4.80. The Labute approximate surface area is 126 Å². The third-order valence-electron chi connectivity index (χ3n) is 3.70. The fourth-order valence-electron chi connectivity index (χ4n) is 2.63. The van der Waals surface area contributed by atoms with Crippen LogP contribution in [0.25, 0.3) is 20.2 Å². The van der Waals surface area contributed by atoms with E-state index in [4.69, 9.17) is 9.47 Å². The van der Waals surface area contributed by atoms with Gasteiger partial charge in [-0.3, -0.25) is 4.79 Å². The molecule has 2 aromatic carbocycles. The lowest BCUT2D eigenvalue weighted by Crippen LogP contribution is -2.05. The molecular formula is C17H16O3S. The molecule has 0 unspecified atom stereocenters. The van der Waals surface area contributed by atoms with Crippen molar-refractivity contribution in [3.8, 4) is 11.5 Å². The summed E-state index contributed by atoms with van der Waals surface area (Å²) in [7, 11) is 3.21. The van der Waals surface area contributed by atoms with E-state index in [0.717, 1.165) is 31.7 Å². The van der Waals surface area contributed by atoms with Gasteiger partial charge in [-0.15, -0.1) is 11.3 Å². The molecule has 0 spiro atoms. The zero-order valence-electron chi connectivity index (χ0n) is 12.4. The van der Waals surface area contributed by atoms with Gasteiger partial charge in [0, 0.05) is 20.3 Å². The highest BCUT2D eigenvalue weighted by Crippen LogP contribution is 2.38. The highest BCUT2D eigenvalue weighted by atomic mass is 32.1. The zero-order chi connectivity index (χ0) is 15.1. The average molecular weight is 300 g/mol. The SMILES string of the molecule is COc1cc2sc3cc(C)ccc3c(=O)c2c(OC)c1C. The second-order valence-electron chi connectivity index (χ2n) is 5.04. The summed E-state index contributed by atoms with van der Waals surface area (Å²) < 4.78 is 12.7. The number of hydrogen-bond donors (Lipinski definition) is 0. The van der Waals surface area contributed by atoms with Crippen molar-refractivity contribution in [1.29, 1.82) is 0 Å². The maximum atomic E-state index is 12.8. The Balaban J connectivity index is 2.56. The standard InChI is InChI=1S/C17H16O3S/c1-9-5-6-11-13(7-9)21-14-8-12(19-3)10(2)17(20-4)15(14)16(11)18/h5-8H,1-4H3. The van der Waals surface area contributed by atoms with Crippen molar-refractivity contribution in [3.63, 3.8) is 0 Å². The molecule has 0 atom stereocenters. The molecule has 1 aromatic heterocycles. The molecule has 0 N–H and O–H groups in total. The molecule has 0 saturated carbocycles. The minimum atomic E-state index is 0.0151. The van der Waals surface area contributed by atoms with Crippen molar-refractivity contribution in [2.75, 3.05) is 14.2 Å². The molecule has 0 aliphatic carbocycles. The lowest BCUT2D eigenvalue weighted by Gasteiger charge is -2.13. The number of aryl methyl sites for hydroxylation is 1. The average Bonchev–Trinajstić information content (AvgIpc) is 2.47. The smallest absolute Gasteiger partial charge is 0.199 e. The normalized spacial score (nSPS) is 11.0. The molecule has 3 nitrogen and oxygen atoms in total. The molecule has 1 heterocycles. The summed E-state index contributed by atoms with van der Waals surface area (Å²) in [5.74, 6) is 1.34. The van der Waals surface area contributed by atoms with Gasteiger partial charge >= 0.3 is 0 Å². The van der Waals surface area contributed by atoms with Crippen molar-refractivity contribution in [1.82, 2.24) is 0 Å². The fourth-order valence-corrected chi connectivity index (χ4v) is 3.83. The second kappa shape index (κ2) is 5.04. The molecule has 3 rings (SSSR count). The molecule has 4 heteroatoms. The number of benzene rings is 2. The first-order chi connectivity index (χ1) is 10.1. The predicted octanol–water partition coefficient (Wildman–Crippen LogP) is 4.05. The Morgan fingerprint density at radius 3 is 2.43 bits per heavy atom. The van der Waals surface area contributed by atoms with E-state index < -0.39 is 0 Å². The summed E-state index contributed by atoms with van der Waals surface area (Å²) >= 11 is 1.59. The zero-order valence-corrected chi connectivity index (χ0v) is 13.3. The van der Waals surface area contributed by atoms with Crippen LogP contribution in [0.3, 0.4) is 0 Å². The lowest BCUT2D eigenvalue weighted by atomic mass is 10.1. The van der Waals surface area contributed by atoms with Gasteiger partial charge in [0.05, 0.1) is 19.6 Å². The number of ether oxygens (including phenoxy) is 2. The van der Waals surface area contributed by atoms with E-state index in [2.05, 4.69) is 0 Å². The van der Waals surface area contributed by atoms with Gasteiger partial charge in [-0.05, 0) is 37.6 Å². The molecular weight excluding hydrogens is 284 g/mol. The van der Waals surface area contributed by atoms with Crippen molar-refractivity contribution >= 4 is 31.5 Å². The van der Waals surface area contributed by atoms with Crippen LogP contribution in [0.15, 0.2) is 29.1 Å². The van der Waals surface area contributed by atoms with Crippen LogP contribution in [-0.4, -0.2) is 14.2 Å². The lowest BCUT2D eigenvalue weighted by molar-refractivity contribution is 0.392. The first-order valence-corrected chi connectivity index (χ1v) is 7.47. The van der Waals surface area contributed by atoms with Crippen LogP contribution >= 0.6 is 11.3 Å². The molecule has 0 radical (unpaired) electrons. The molecule has 0 fully saturated rings. The number of hydrogen-bond acceptors (Lipinski definition) is 4. The molecule has 0 saturated heterocycles. The Morgan fingerprint density at radius 2 is 1.76 bits per heavy atom. The van der Waals surface area contributed by atoms with Crippen LogP contribution in [0, 0.1) is 13.8 Å². The molecule has 0 aliphatic rings. The summed E-state index contributed by atoms with van der Waals surface area (Å²) in [6.45, 7) is 3.93. The van der Waals surface area contributed by atoms with Gasteiger partial charge in [0.1, 0.15) is 11.5 Å². The van der Waals surface area contributed by atoms with Gasteiger partial charge in [0.15, 0.2) is 5.43 Å². The largest absolute Gasteiger partial charge is 0.496 e.